The zero-order valence-corrected chi connectivity index (χ0v) is 17.6. The first-order chi connectivity index (χ1) is 14.1. The number of nitrogen functional groups attached to an aromatic ring is 1. The molecule has 1 fully saturated rings. The molecule has 0 unspecified atom stereocenters. The lowest BCUT2D eigenvalue weighted by molar-refractivity contribution is 0.262. The molecule has 1 saturated heterocycles. The zero-order chi connectivity index (χ0) is 20.2. The number of anilines is 2. The number of hydrogen-bond donors (Lipinski definition) is 1. The molecule has 1 aromatic carbocycles. The quantitative estimate of drug-likeness (QED) is 0.629. The molecule has 0 aliphatic carbocycles. The van der Waals surface area contributed by atoms with Crippen molar-refractivity contribution in [3.05, 3.63) is 24.3 Å². The SMILES string of the molecule is CN(C)CCOc1ccccc1-c1nnc(-n2nc(N3CCCCC3)nc2N)s1. The van der Waals surface area contributed by atoms with Gasteiger partial charge < -0.3 is 20.3 Å². The average molecular weight is 415 g/mol. The predicted octanol–water partition coefficient (Wildman–Crippen LogP) is 2.30. The molecule has 29 heavy (non-hydrogen) atoms. The molecule has 3 heterocycles. The van der Waals surface area contributed by atoms with Crippen molar-refractivity contribution in [2.75, 3.05) is 51.0 Å². The summed E-state index contributed by atoms with van der Waals surface area (Å²) in [5.74, 6) is 1.77. The van der Waals surface area contributed by atoms with Gasteiger partial charge in [0.15, 0.2) is 5.01 Å². The second-order valence-electron chi connectivity index (χ2n) is 7.27. The van der Waals surface area contributed by atoms with E-state index in [1.54, 1.807) is 4.68 Å². The molecule has 0 radical (unpaired) electrons. The van der Waals surface area contributed by atoms with Crippen molar-refractivity contribution in [1.29, 1.82) is 0 Å². The van der Waals surface area contributed by atoms with Gasteiger partial charge in [-0.05, 0) is 45.5 Å². The predicted molar refractivity (Wildman–Crippen MR) is 115 cm³/mol. The number of nitrogens with two attached hydrogens (primary N) is 1. The van der Waals surface area contributed by atoms with E-state index in [9.17, 15) is 0 Å². The molecule has 2 aromatic heterocycles. The van der Waals surface area contributed by atoms with E-state index in [2.05, 4.69) is 30.1 Å². The molecule has 0 saturated carbocycles. The Morgan fingerprint density at radius 1 is 1.14 bits per heavy atom. The normalized spacial score (nSPS) is 14.5. The summed E-state index contributed by atoms with van der Waals surface area (Å²) in [4.78, 5) is 8.69. The molecule has 2 N–H and O–H groups in total. The molecule has 1 aliphatic rings. The third-order valence-corrected chi connectivity index (χ3v) is 5.70. The fourth-order valence-electron chi connectivity index (χ4n) is 3.20. The summed E-state index contributed by atoms with van der Waals surface area (Å²) in [7, 11) is 4.04. The Labute approximate surface area is 174 Å². The first-order valence-electron chi connectivity index (χ1n) is 9.80. The lowest BCUT2D eigenvalue weighted by Crippen LogP contribution is -2.30. The summed E-state index contributed by atoms with van der Waals surface area (Å²) < 4.78 is 7.53. The van der Waals surface area contributed by atoms with Gasteiger partial charge in [-0.15, -0.1) is 15.3 Å². The minimum Gasteiger partial charge on any atom is -0.492 e. The molecular formula is C19H26N8OS. The first-order valence-corrected chi connectivity index (χ1v) is 10.6. The highest BCUT2D eigenvalue weighted by Crippen LogP contribution is 2.33. The van der Waals surface area contributed by atoms with Crippen molar-refractivity contribution in [3.8, 4) is 21.5 Å². The van der Waals surface area contributed by atoms with Crippen LogP contribution in [0.25, 0.3) is 15.7 Å². The highest BCUT2D eigenvalue weighted by molar-refractivity contribution is 7.17. The van der Waals surface area contributed by atoms with E-state index in [0.717, 1.165) is 48.8 Å². The van der Waals surface area contributed by atoms with Crippen LogP contribution in [0.1, 0.15) is 19.3 Å². The van der Waals surface area contributed by atoms with E-state index in [-0.39, 0.29) is 0 Å². The van der Waals surface area contributed by atoms with Crippen molar-refractivity contribution in [2.24, 2.45) is 0 Å². The third kappa shape index (κ3) is 4.48. The van der Waals surface area contributed by atoms with Crippen LogP contribution in [-0.2, 0) is 0 Å². The van der Waals surface area contributed by atoms with E-state index >= 15 is 0 Å². The average Bonchev–Trinajstić information content (AvgIpc) is 3.35. The number of rotatable bonds is 7. The van der Waals surface area contributed by atoms with Crippen LogP contribution in [0.4, 0.5) is 11.9 Å². The number of aromatic nitrogens is 5. The van der Waals surface area contributed by atoms with Crippen molar-refractivity contribution in [2.45, 2.75) is 19.3 Å². The molecule has 4 rings (SSSR count). The van der Waals surface area contributed by atoms with Crippen LogP contribution < -0.4 is 15.4 Å². The summed E-state index contributed by atoms with van der Waals surface area (Å²) in [5, 5.41) is 14.6. The van der Waals surface area contributed by atoms with Gasteiger partial charge in [-0.3, -0.25) is 0 Å². The number of nitrogens with zero attached hydrogens (tertiary/aromatic N) is 7. The Morgan fingerprint density at radius 2 is 1.93 bits per heavy atom. The Morgan fingerprint density at radius 3 is 2.72 bits per heavy atom. The monoisotopic (exact) mass is 414 g/mol. The first kappa shape index (κ1) is 19.6. The maximum absolute atomic E-state index is 6.12. The van der Waals surface area contributed by atoms with Gasteiger partial charge in [0.2, 0.25) is 17.0 Å². The van der Waals surface area contributed by atoms with E-state index in [4.69, 9.17) is 10.5 Å². The second kappa shape index (κ2) is 8.75. The van der Waals surface area contributed by atoms with Crippen LogP contribution in [-0.4, -0.2) is 70.2 Å². The summed E-state index contributed by atoms with van der Waals surface area (Å²) in [6.45, 7) is 3.36. The van der Waals surface area contributed by atoms with Crippen molar-refractivity contribution in [1.82, 2.24) is 29.9 Å². The molecule has 0 atom stereocenters. The van der Waals surface area contributed by atoms with Gasteiger partial charge >= 0.3 is 0 Å². The van der Waals surface area contributed by atoms with E-state index in [1.165, 1.54) is 17.8 Å². The van der Waals surface area contributed by atoms with Gasteiger partial charge in [-0.1, -0.05) is 23.5 Å². The summed E-state index contributed by atoms with van der Waals surface area (Å²) in [5.41, 5.74) is 7.03. The maximum Gasteiger partial charge on any atom is 0.247 e. The molecule has 1 aliphatic heterocycles. The van der Waals surface area contributed by atoms with Gasteiger partial charge in [0, 0.05) is 19.6 Å². The van der Waals surface area contributed by atoms with Crippen molar-refractivity contribution in [3.63, 3.8) is 0 Å². The third-order valence-electron chi connectivity index (χ3n) is 4.77. The molecule has 154 valence electrons. The molecule has 9 nitrogen and oxygen atoms in total. The number of benzene rings is 1. The fourth-order valence-corrected chi connectivity index (χ4v) is 4.03. The number of hydrogen-bond acceptors (Lipinski definition) is 9. The zero-order valence-electron chi connectivity index (χ0n) is 16.8. The largest absolute Gasteiger partial charge is 0.492 e. The van der Waals surface area contributed by atoms with Crippen LogP contribution >= 0.6 is 11.3 Å². The van der Waals surface area contributed by atoms with Gasteiger partial charge in [-0.2, -0.15) is 9.67 Å². The van der Waals surface area contributed by atoms with Crippen LogP contribution in [0.2, 0.25) is 0 Å². The van der Waals surface area contributed by atoms with Crippen LogP contribution in [0.5, 0.6) is 5.75 Å². The Bertz CT molecular complexity index is 947. The van der Waals surface area contributed by atoms with Crippen molar-refractivity contribution >= 4 is 23.2 Å². The molecule has 3 aromatic rings. The molecule has 0 amide bonds. The Kier molecular flexibility index (Phi) is 5.91. The fraction of sp³-hybridized carbons (Fsp3) is 0.474. The van der Waals surface area contributed by atoms with E-state index in [1.807, 2.05) is 38.4 Å². The highest BCUT2D eigenvalue weighted by atomic mass is 32.1. The van der Waals surface area contributed by atoms with Gasteiger partial charge in [-0.25, -0.2) is 0 Å². The minimum atomic E-state index is 0.323. The van der Waals surface area contributed by atoms with Crippen molar-refractivity contribution < 1.29 is 4.74 Å². The topological polar surface area (TPSA) is 98.2 Å². The summed E-state index contributed by atoms with van der Waals surface area (Å²) >= 11 is 1.42. The number of likely N-dealkylation sites (N-methyl/N-ethyl adjacent to an activating group) is 1. The smallest absolute Gasteiger partial charge is 0.247 e. The standard InChI is InChI=1S/C19H26N8OS/c1-25(2)12-13-28-15-9-5-4-8-14(15)16-22-23-19(29-16)27-17(20)21-18(24-27)26-10-6-3-7-11-26/h4-5,8-9H,3,6-7,10-13H2,1-2H3,(H2,20,21,24). The Balaban J connectivity index is 1.56. The minimum absolute atomic E-state index is 0.323. The van der Waals surface area contributed by atoms with E-state index < -0.39 is 0 Å². The van der Waals surface area contributed by atoms with E-state index in [0.29, 0.717) is 23.6 Å². The summed E-state index contributed by atoms with van der Waals surface area (Å²) in [6.07, 6.45) is 3.56. The Hall–Kier alpha value is -2.72. The molecule has 10 heteroatoms. The van der Waals surface area contributed by atoms with Crippen LogP contribution in [0, 0.1) is 0 Å². The van der Waals surface area contributed by atoms with Gasteiger partial charge in [0.05, 0.1) is 5.56 Å². The lowest BCUT2D eigenvalue weighted by atomic mass is 10.1. The van der Waals surface area contributed by atoms with Crippen LogP contribution in [0.15, 0.2) is 24.3 Å². The molecule has 0 bridgehead atoms. The second-order valence-corrected chi connectivity index (χ2v) is 8.22. The van der Waals surface area contributed by atoms with Crippen LogP contribution in [0.3, 0.4) is 0 Å². The summed E-state index contributed by atoms with van der Waals surface area (Å²) in [6, 6.07) is 7.85. The maximum atomic E-state index is 6.12. The highest BCUT2D eigenvalue weighted by Gasteiger charge is 2.20. The lowest BCUT2D eigenvalue weighted by Gasteiger charge is -2.24. The molecule has 0 spiro atoms. The van der Waals surface area contributed by atoms with Gasteiger partial charge in [0.1, 0.15) is 12.4 Å². The molecular weight excluding hydrogens is 388 g/mol. The number of para-hydroxylation sites is 1. The number of piperidine rings is 1. The van der Waals surface area contributed by atoms with Gasteiger partial charge in [0.25, 0.3) is 0 Å². The number of ether oxygens (including phenoxy) is 1.